The Balaban J connectivity index is 1.55. The molecule has 1 aliphatic heterocycles. The number of ether oxygens (including phenoxy) is 2. The molecular formula is C23H13I4NO3. The minimum Gasteiger partial charge on any atom is -0.487 e. The summed E-state index contributed by atoms with van der Waals surface area (Å²) >= 11 is 9.04. The van der Waals surface area contributed by atoms with Gasteiger partial charge in [0.25, 0.3) is 0 Å². The molecule has 1 aliphatic rings. The second-order valence-corrected chi connectivity index (χ2v) is 11.4. The van der Waals surface area contributed by atoms with Crippen LogP contribution in [-0.2, 0) is 16.1 Å². The van der Waals surface area contributed by atoms with Crippen molar-refractivity contribution >= 4 is 108 Å². The molecule has 0 bridgehead atoms. The third-order valence-corrected chi connectivity index (χ3v) is 7.30. The van der Waals surface area contributed by atoms with Crippen LogP contribution >= 0.6 is 90.4 Å². The Morgan fingerprint density at radius 2 is 1.61 bits per heavy atom. The van der Waals surface area contributed by atoms with Gasteiger partial charge >= 0.3 is 5.97 Å². The molecule has 31 heavy (non-hydrogen) atoms. The van der Waals surface area contributed by atoms with Crippen LogP contribution in [0.25, 0.3) is 6.08 Å². The number of esters is 1. The van der Waals surface area contributed by atoms with E-state index in [-0.39, 0.29) is 5.70 Å². The molecule has 1 heterocycles. The van der Waals surface area contributed by atoms with Gasteiger partial charge in [0.05, 0.1) is 7.14 Å². The van der Waals surface area contributed by atoms with Crippen LogP contribution < -0.4 is 4.74 Å². The Hall–Kier alpha value is -0.740. The second kappa shape index (κ2) is 10.5. The fourth-order valence-corrected chi connectivity index (χ4v) is 5.96. The first-order valence-electron chi connectivity index (χ1n) is 9.04. The predicted octanol–water partition coefficient (Wildman–Crippen LogP) is 7.03. The van der Waals surface area contributed by atoms with Crippen molar-refractivity contribution in [3.8, 4) is 5.75 Å². The third kappa shape index (κ3) is 5.99. The van der Waals surface area contributed by atoms with Crippen molar-refractivity contribution in [1.29, 1.82) is 0 Å². The largest absolute Gasteiger partial charge is 0.487 e. The fraction of sp³-hybridized carbons (Fsp3) is 0.0435. The number of cyclic esters (lactones) is 1. The molecule has 0 aliphatic carbocycles. The maximum atomic E-state index is 12.3. The zero-order valence-electron chi connectivity index (χ0n) is 15.7. The first-order chi connectivity index (χ1) is 14.9. The van der Waals surface area contributed by atoms with E-state index in [2.05, 4.69) is 114 Å². The Labute approximate surface area is 234 Å². The SMILES string of the molecule is O=C1OC(c2ccc(I)cc2)=N/C1=C\c1cc(I)c(OCc2cccc(I)c2)c(I)c1. The molecule has 0 saturated heterocycles. The molecule has 0 fully saturated rings. The van der Waals surface area contributed by atoms with Gasteiger partial charge in [0.15, 0.2) is 5.70 Å². The summed E-state index contributed by atoms with van der Waals surface area (Å²) in [7, 11) is 0. The number of nitrogens with zero attached hydrogens (tertiary/aromatic N) is 1. The lowest BCUT2D eigenvalue weighted by atomic mass is 10.2. The summed E-state index contributed by atoms with van der Waals surface area (Å²) in [4.78, 5) is 16.7. The molecule has 0 saturated carbocycles. The van der Waals surface area contributed by atoms with E-state index < -0.39 is 5.97 Å². The number of hydrogen-bond donors (Lipinski definition) is 0. The highest BCUT2D eigenvalue weighted by atomic mass is 127. The number of carbonyl (C=O) groups excluding carboxylic acids is 1. The van der Waals surface area contributed by atoms with E-state index in [9.17, 15) is 4.79 Å². The van der Waals surface area contributed by atoms with Crippen molar-refractivity contribution in [2.75, 3.05) is 0 Å². The highest BCUT2D eigenvalue weighted by Crippen LogP contribution is 2.31. The van der Waals surface area contributed by atoms with E-state index in [0.29, 0.717) is 12.5 Å². The van der Waals surface area contributed by atoms with Crippen molar-refractivity contribution < 1.29 is 14.3 Å². The Morgan fingerprint density at radius 1 is 0.903 bits per heavy atom. The van der Waals surface area contributed by atoms with Gasteiger partial charge in [0.2, 0.25) is 5.90 Å². The molecule has 3 aromatic carbocycles. The van der Waals surface area contributed by atoms with Gasteiger partial charge in [0, 0.05) is 12.7 Å². The smallest absolute Gasteiger partial charge is 0.363 e. The molecule has 0 N–H and O–H groups in total. The molecule has 0 amide bonds. The number of hydrogen-bond acceptors (Lipinski definition) is 4. The van der Waals surface area contributed by atoms with Crippen LogP contribution in [0.4, 0.5) is 0 Å². The van der Waals surface area contributed by atoms with E-state index in [0.717, 1.165) is 33.2 Å². The highest BCUT2D eigenvalue weighted by Gasteiger charge is 2.24. The maximum Gasteiger partial charge on any atom is 0.363 e. The van der Waals surface area contributed by atoms with Gasteiger partial charge in [-0.05, 0) is 156 Å². The molecule has 156 valence electrons. The Kier molecular flexibility index (Phi) is 7.90. The van der Waals surface area contributed by atoms with Crippen LogP contribution in [0.15, 0.2) is 71.4 Å². The first-order valence-corrected chi connectivity index (χ1v) is 13.4. The lowest BCUT2D eigenvalue weighted by molar-refractivity contribution is -0.129. The number of benzene rings is 3. The van der Waals surface area contributed by atoms with Crippen LogP contribution in [-0.4, -0.2) is 11.9 Å². The van der Waals surface area contributed by atoms with Gasteiger partial charge in [-0.2, -0.15) is 0 Å². The summed E-state index contributed by atoms with van der Waals surface area (Å²) in [5.74, 6) is 0.714. The van der Waals surface area contributed by atoms with Crippen LogP contribution in [0.2, 0.25) is 0 Å². The van der Waals surface area contributed by atoms with Gasteiger partial charge in [-0.25, -0.2) is 9.79 Å². The fourth-order valence-electron chi connectivity index (χ4n) is 2.87. The molecule has 0 spiro atoms. The Bertz CT molecular complexity index is 1200. The molecule has 0 unspecified atom stereocenters. The number of halogens is 4. The van der Waals surface area contributed by atoms with E-state index in [1.54, 1.807) is 6.08 Å². The number of carbonyl (C=O) groups is 1. The van der Waals surface area contributed by atoms with Crippen molar-refractivity contribution in [1.82, 2.24) is 0 Å². The van der Waals surface area contributed by atoms with Gasteiger partial charge < -0.3 is 9.47 Å². The van der Waals surface area contributed by atoms with Crippen LogP contribution in [0.3, 0.4) is 0 Å². The summed E-state index contributed by atoms with van der Waals surface area (Å²) in [6, 6.07) is 19.9. The lowest BCUT2D eigenvalue weighted by Gasteiger charge is -2.12. The summed E-state index contributed by atoms with van der Waals surface area (Å²) in [6.07, 6.45) is 1.75. The molecule has 4 rings (SSSR count). The van der Waals surface area contributed by atoms with Crippen molar-refractivity contribution in [3.63, 3.8) is 0 Å². The monoisotopic (exact) mass is 859 g/mol. The van der Waals surface area contributed by atoms with Crippen molar-refractivity contribution in [3.05, 3.63) is 97.3 Å². The average molecular weight is 859 g/mol. The zero-order valence-corrected chi connectivity index (χ0v) is 24.4. The molecular weight excluding hydrogens is 846 g/mol. The third-order valence-electron chi connectivity index (χ3n) is 4.31. The van der Waals surface area contributed by atoms with Crippen LogP contribution in [0.1, 0.15) is 16.7 Å². The maximum absolute atomic E-state index is 12.3. The molecule has 8 heteroatoms. The normalized spacial score (nSPS) is 14.5. The number of rotatable bonds is 5. The quantitative estimate of drug-likeness (QED) is 0.158. The Morgan fingerprint density at radius 3 is 2.29 bits per heavy atom. The zero-order chi connectivity index (χ0) is 22.0. The topological polar surface area (TPSA) is 47.9 Å². The lowest BCUT2D eigenvalue weighted by Crippen LogP contribution is -2.05. The van der Waals surface area contributed by atoms with E-state index >= 15 is 0 Å². The summed E-state index contributed by atoms with van der Waals surface area (Å²) < 4.78 is 15.7. The summed E-state index contributed by atoms with van der Waals surface area (Å²) in [5.41, 5.74) is 3.05. The minimum absolute atomic E-state index is 0.285. The first kappa shape index (κ1) is 23.4. The summed E-state index contributed by atoms with van der Waals surface area (Å²) in [5, 5.41) is 0. The molecule has 3 aromatic rings. The average Bonchev–Trinajstić information content (AvgIpc) is 3.08. The molecule has 0 aromatic heterocycles. The van der Waals surface area contributed by atoms with Crippen molar-refractivity contribution in [2.24, 2.45) is 4.99 Å². The van der Waals surface area contributed by atoms with E-state index in [4.69, 9.17) is 9.47 Å². The van der Waals surface area contributed by atoms with Crippen LogP contribution in [0, 0.1) is 14.3 Å². The minimum atomic E-state index is -0.447. The second-order valence-electron chi connectivity index (χ2n) is 6.58. The van der Waals surface area contributed by atoms with Crippen molar-refractivity contribution in [2.45, 2.75) is 6.61 Å². The highest BCUT2D eigenvalue weighted by molar-refractivity contribution is 14.1. The van der Waals surface area contributed by atoms with Gasteiger partial charge in [-0.3, -0.25) is 0 Å². The summed E-state index contributed by atoms with van der Waals surface area (Å²) in [6.45, 7) is 0.499. The van der Waals surface area contributed by atoms with E-state index in [1.165, 1.54) is 3.57 Å². The predicted molar refractivity (Wildman–Crippen MR) is 155 cm³/mol. The molecule has 0 atom stereocenters. The molecule has 4 nitrogen and oxygen atoms in total. The van der Waals surface area contributed by atoms with E-state index in [1.807, 2.05) is 42.5 Å². The molecule has 0 radical (unpaired) electrons. The van der Waals surface area contributed by atoms with Gasteiger partial charge in [-0.15, -0.1) is 0 Å². The van der Waals surface area contributed by atoms with Gasteiger partial charge in [0.1, 0.15) is 12.4 Å². The standard InChI is InChI=1S/C23H13I4NO3/c24-16-6-4-15(5-7-16)22-28-20(23(29)31-22)11-14-9-18(26)21(19(27)10-14)30-12-13-2-1-3-17(25)8-13/h1-11H,12H2/b20-11-. The van der Waals surface area contributed by atoms with Crippen LogP contribution in [0.5, 0.6) is 5.75 Å². The van der Waals surface area contributed by atoms with Gasteiger partial charge in [-0.1, -0.05) is 12.1 Å². The number of aliphatic imine (C=N–C) groups is 1.